The molecule has 2 aromatic carbocycles. The molecule has 4 aromatic rings. The largest absolute Gasteiger partial charge is 0.348 e. The van der Waals surface area contributed by atoms with Gasteiger partial charge in [-0.25, -0.2) is 9.97 Å². The summed E-state index contributed by atoms with van der Waals surface area (Å²) in [5.74, 6) is 2.73. The van der Waals surface area contributed by atoms with E-state index in [0.29, 0.717) is 5.92 Å². The Hall–Kier alpha value is -3.18. The highest BCUT2D eigenvalue weighted by Crippen LogP contribution is 2.29. The number of aromatic nitrogens is 4. The van der Waals surface area contributed by atoms with Gasteiger partial charge in [0.15, 0.2) is 0 Å². The van der Waals surface area contributed by atoms with E-state index in [-0.39, 0.29) is 5.92 Å². The van der Waals surface area contributed by atoms with Crippen LogP contribution in [0.15, 0.2) is 60.9 Å². The minimum absolute atomic E-state index is 0.287. The van der Waals surface area contributed by atoms with E-state index in [1.165, 1.54) is 11.1 Å². The summed E-state index contributed by atoms with van der Waals surface area (Å²) < 4.78 is 0. The standard InChI is InChI=1S/C27H33N5/c1-17(2)14-25-29-15-23(31-25)21-10-6-19(7-11-21)20-8-12-22(13-9-20)24-16-30-26(32-24)27(5,28)18(3)4/h6-13,15-18H,14,28H2,1-5H3,(H,29,31)(H,30,32)/t27-/m1/s1. The van der Waals surface area contributed by atoms with Gasteiger partial charge in [-0.1, -0.05) is 76.2 Å². The fraction of sp³-hybridized carbons (Fsp3) is 0.333. The number of H-pyrrole nitrogens is 2. The van der Waals surface area contributed by atoms with E-state index in [9.17, 15) is 0 Å². The second-order valence-electron chi connectivity index (χ2n) is 9.56. The molecule has 0 radical (unpaired) electrons. The number of rotatable bonds is 7. The highest BCUT2D eigenvalue weighted by Gasteiger charge is 2.28. The van der Waals surface area contributed by atoms with E-state index in [4.69, 9.17) is 15.7 Å². The molecule has 5 heteroatoms. The number of nitrogens with two attached hydrogens (primary N) is 1. The summed E-state index contributed by atoms with van der Waals surface area (Å²) in [4.78, 5) is 16.0. The molecule has 0 aliphatic heterocycles. The van der Waals surface area contributed by atoms with Crippen molar-refractivity contribution in [1.29, 1.82) is 0 Å². The Balaban J connectivity index is 1.50. The van der Waals surface area contributed by atoms with E-state index in [0.717, 1.165) is 40.6 Å². The van der Waals surface area contributed by atoms with Gasteiger partial charge in [0.05, 0.1) is 16.9 Å². The van der Waals surface area contributed by atoms with Gasteiger partial charge < -0.3 is 15.7 Å². The van der Waals surface area contributed by atoms with Crippen molar-refractivity contribution in [1.82, 2.24) is 19.9 Å². The fourth-order valence-electron chi connectivity index (χ4n) is 3.69. The maximum atomic E-state index is 6.45. The maximum absolute atomic E-state index is 6.45. The van der Waals surface area contributed by atoms with Crippen molar-refractivity contribution in [2.24, 2.45) is 17.6 Å². The lowest BCUT2D eigenvalue weighted by Gasteiger charge is -2.26. The molecule has 2 aromatic heterocycles. The third-order valence-corrected chi connectivity index (χ3v) is 6.21. The lowest BCUT2D eigenvalue weighted by molar-refractivity contribution is 0.333. The zero-order valence-electron chi connectivity index (χ0n) is 19.6. The van der Waals surface area contributed by atoms with E-state index in [1.807, 2.05) is 19.3 Å². The smallest absolute Gasteiger partial charge is 0.126 e. The molecule has 0 amide bonds. The highest BCUT2D eigenvalue weighted by molar-refractivity contribution is 5.71. The van der Waals surface area contributed by atoms with Crippen molar-refractivity contribution < 1.29 is 0 Å². The van der Waals surface area contributed by atoms with Crippen LogP contribution in [0.25, 0.3) is 33.6 Å². The maximum Gasteiger partial charge on any atom is 0.126 e. The van der Waals surface area contributed by atoms with Crippen LogP contribution in [0.1, 0.15) is 46.3 Å². The molecule has 0 bridgehead atoms. The highest BCUT2D eigenvalue weighted by atomic mass is 15.0. The van der Waals surface area contributed by atoms with Crippen molar-refractivity contribution in [3.05, 3.63) is 72.6 Å². The molecule has 4 rings (SSSR count). The van der Waals surface area contributed by atoms with Crippen LogP contribution in [0, 0.1) is 11.8 Å². The Morgan fingerprint density at radius 2 is 1.22 bits per heavy atom. The third-order valence-electron chi connectivity index (χ3n) is 6.21. The minimum atomic E-state index is -0.482. The van der Waals surface area contributed by atoms with Crippen LogP contribution in [0.5, 0.6) is 0 Å². The van der Waals surface area contributed by atoms with Crippen molar-refractivity contribution in [3.63, 3.8) is 0 Å². The first-order chi connectivity index (χ1) is 15.2. The van der Waals surface area contributed by atoms with Gasteiger partial charge in [-0.05, 0) is 29.9 Å². The number of benzene rings is 2. The molecule has 4 N–H and O–H groups in total. The predicted molar refractivity (Wildman–Crippen MR) is 132 cm³/mol. The van der Waals surface area contributed by atoms with Crippen LogP contribution < -0.4 is 5.73 Å². The van der Waals surface area contributed by atoms with Crippen LogP contribution >= 0.6 is 0 Å². The summed E-state index contributed by atoms with van der Waals surface area (Å²) in [7, 11) is 0. The van der Waals surface area contributed by atoms with E-state index >= 15 is 0 Å². The summed E-state index contributed by atoms with van der Waals surface area (Å²) >= 11 is 0. The van der Waals surface area contributed by atoms with Crippen molar-refractivity contribution >= 4 is 0 Å². The molecule has 0 fully saturated rings. The van der Waals surface area contributed by atoms with E-state index < -0.39 is 5.54 Å². The normalized spacial score (nSPS) is 13.6. The topological polar surface area (TPSA) is 83.4 Å². The lowest BCUT2D eigenvalue weighted by Crippen LogP contribution is -2.39. The number of hydrogen-bond acceptors (Lipinski definition) is 3. The molecule has 5 nitrogen and oxygen atoms in total. The molecule has 32 heavy (non-hydrogen) atoms. The number of hydrogen-bond donors (Lipinski definition) is 3. The predicted octanol–water partition coefficient (Wildman–Crippen LogP) is 6.16. The van der Waals surface area contributed by atoms with E-state index in [1.54, 1.807) is 0 Å². The Morgan fingerprint density at radius 3 is 1.72 bits per heavy atom. The molecule has 0 saturated heterocycles. The SMILES string of the molecule is CC(C)Cc1nc(-c2ccc(-c3ccc(-c4c[nH]c([C@](C)(N)C(C)C)n4)cc3)cc2)c[nH]1. The average Bonchev–Trinajstić information content (AvgIpc) is 3.44. The van der Waals surface area contributed by atoms with Crippen molar-refractivity contribution in [3.8, 4) is 33.6 Å². The van der Waals surface area contributed by atoms with Gasteiger partial charge in [-0.2, -0.15) is 0 Å². The van der Waals surface area contributed by atoms with Crippen LogP contribution in [0.3, 0.4) is 0 Å². The van der Waals surface area contributed by atoms with Gasteiger partial charge in [-0.15, -0.1) is 0 Å². The third kappa shape index (κ3) is 4.53. The Morgan fingerprint density at radius 1 is 0.750 bits per heavy atom. The Labute approximate surface area is 190 Å². The molecule has 0 unspecified atom stereocenters. The van der Waals surface area contributed by atoms with Crippen molar-refractivity contribution in [2.45, 2.75) is 46.6 Å². The number of nitrogens with one attached hydrogen (secondary N) is 2. The lowest BCUT2D eigenvalue weighted by atomic mass is 9.89. The zero-order chi connectivity index (χ0) is 22.9. The first kappa shape index (κ1) is 22.0. The van der Waals surface area contributed by atoms with Gasteiger partial charge in [0, 0.05) is 29.9 Å². The number of imidazole rings is 2. The molecule has 0 spiro atoms. The summed E-state index contributed by atoms with van der Waals surface area (Å²) in [5.41, 5.74) is 12.4. The molecule has 0 aliphatic carbocycles. The quantitative estimate of drug-likeness (QED) is 0.330. The minimum Gasteiger partial charge on any atom is -0.348 e. The molecule has 166 valence electrons. The second-order valence-corrected chi connectivity index (χ2v) is 9.56. The fourth-order valence-corrected chi connectivity index (χ4v) is 3.69. The Bertz CT molecular complexity index is 1160. The number of aromatic amines is 2. The molecular weight excluding hydrogens is 394 g/mol. The molecule has 1 atom stereocenters. The first-order valence-electron chi connectivity index (χ1n) is 11.3. The van der Waals surface area contributed by atoms with Crippen LogP contribution in [0.4, 0.5) is 0 Å². The first-order valence-corrected chi connectivity index (χ1v) is 11.3. The van der Waals surface area contributed by atoms with Gasteiger partial charge in [0.1, 0.15) is 11.6 Å². The average molecular weight is 428 g/mol. The van der Waals surface area contributed by atoms with E-state index in [2.05, 4.69) is 86.2 Å². The van der Waals surface area contributed by atoms with Crippen molar-refractivity contribution in [2.75, 3.05) is 0 Å². The summed E-state index contributed by atoms with van der Waals surface area (Å²) in [6.45, 7) is 10.6. The van der Waals surface area contributed by atoms with Crippen LogP contribution in [0.2, 0.25) is 0 Å². The van der Waals surface area contributed by atoms with Gasteiger partial charge >= 0.3 is 0 Å². The summed E-state index contributed by atoms with van der Waals surface area (Å²) in [5, 5.41) is 0. The number of nitrogens with zero attached hydrogens (tertiary/aromatic N) is 2. The van der Waals surface area contributed by atoms with Gasteiger partial charge in [-0.3, -0.25) is 0 Å². The Kier molecular flexibility index (Phi) is 6.02. The summed E-state index contributed by atoms with van der Waals surface area (Å²) in [6.07, 6.45) is 4.89. The molecule has 0 aliphatic rings. The molecule has 0 saturated carbocycles. The van der Waals surface area contributed by atoms with Gasteiger partial charge in [0.2, 0.25) is 0 Å². The molecule has 2 heterocycles. The van der Waals surface area contributed by atoms with Crippen LogP contribution in [-0.4, -0.2) is 19.9 Å². The summed E-state index contributed by atoms with van der Waals surface area (Å²) in [6, 6.07) is 17.1. The van der Waals surface area contributed by atoms with Gasteiger partial charge in [0.25, 0.3) is 0 Å². The zero-order valence-corrected chi connectivity index (χ0v) is 19.6. The second kappa shape index (κ2) is 8.75. The monoisotopic (exact) mass is 427 g/mol. The molecular formula is C27H33N5. The van der Waals surface area contributed by atoms with Crippen LogP contribution in [-0.2, 0) is 12.0 Å².